The molecule has 0 fully saturated rings. The molecule has 0 saturated carbocycles. The normalized spacial score (nSPS) is 8.53. The maximum absolute atomic E-state index is 11.4. The largest absolute Gasteiger partial charge is 0.508 e. The number of phenols is 1. The number of rotatable bonds is 3. The topological polar surface area (TPSA) is 121 Å². The summed E-state index contributed by atoms with van der Waals surface area (Å²) in [6.07, 6.45) is 0. The van der Waals surface area contributed by atoms with Crippen molar-refractivity contribution >= 4 is 11.5 Å². The summed E-state index contributed by atoms with van der Waals surface area (Å²) < 4.78 is 0. The Kier molecular flexibility index (Phi) is 4.24. The van der Waals surface area contributed by atoms with Gasteiger partial charge in [0.1, 0.15) is 29.7 Å². The number of Topliss-reactive ketones (excluding diaryl/α,β-unsaturated/α-hetero) is 1. The third-order valence-electron chi connectivity index (χ3n) is 2.23. The minimum atomic E-state index is -0.384. The van der Waals surface area contributed by atoms with Crippen LogP contribution < -0.4 is 5.32 Å². The van der Waals surface area contributed by atoms with Crippen molar-refractivity contribution in [3.8, 4) is 24.0 Å². The molecular weight excluding hydrogens is 244 g/mol. The fourth-order valence-corrected chi connectivity index (χ4v) is 1.35. The van der Waals surface area contributed by atoms with Gasteiger partial charge in [-0.3, -0.25) is 4.79 Å². The highest BCUT2D eigenvalue weighted by molar-refractivity contribution is 6.00. The van der Waals surface area contributed by atoms with Gasteiger partial charge in [0.2, 0.25) is 0 Å². The second kappa shape index (κ2) is 5.86. The molecule has 0 atom stereocenters. The number of benzene rings is 1. The molecule has 1 aromatic carbocycles. The van der Waals surface area contributed by atoms with Gasteiger partial charge >= 0.3 is 0 Å². The van der Waals surface area contributed by atoms with Crippen molar-refractivity contribution in [3.05, 3.63) is 35.0 Å². The molecule has 6 nitrogen and oxygen atoms in total. The number of nitrogens with one attached hydrogen (secondary N) is 1. The van der Waals surface area contributed by atoms with Crippen LogP contribution >= 0.6 is 0 Å². The molecule has 0 spiro atoms. The van der Waals surface area contributed by atoms with Gasteiger partial charge in [-0.1, -0.05) is 0 Å². The molecule has 0 amide bonds. The Balaban J connectivity index is 3.32. The van der Waals surface area contributed by atoms with Crippen LogP contribution in [-0.4, -0.2) is 10.9 Å². The van der Waals surface area contributed by atoms with Crippen LogP contribution in [0.5, 0.6) is 5.75 Å². The lowest BCUT2D eigenvalue weighted by atomic mass is 10.1. The summed E-state index contributed by atoms with van der Waals surface area (Å²) in [5, 5.41) is 38.2. The lowest BCUT2D eigenvalue weighted by Crippen LogP contribution is -2.05. The molecule has 0 radical (unpaired) electrons. The molecule has 0 aliphatic rings. The summed E-state index contributed by atoms with van der Waals surface area (Å²) >= 11 is 0. The Bertz CT molecular complexity index is 668. The molecule has 0 aliphatic heterocycles. The molecule has 19 heavy (non-hydrogen) atoms. The summed E-state index contributed by atoms with van der Waals surface area (Å²) in [5.41, 5.74) is -0.240. The van der Waals surface area contributed by atoms with E-state index in [4.69, 9.17) is 15.8 Å². The number of ketones is 1. The van der Waals surface area contributed by atoms with Gasteiger partial charge in [0.25, 0.3) is 0 Å². The lowest BCUT2D eigenvalue weighted by Gasteiger charge is -2.09. The van der Waals surface area contributed by atoms with Gasteiger partial charge in [-0.2, -0.15) is 15.8 Å². The van der Waals surface area contributed by atoms with Crippen molar-refractivity contribution < 1.29 is 9.90 Å². The summed E-state index contributed by atoms with van der Waals surface area (Å²) in [6.45, 7) is 1.30. The van der Waals surface area contributed by atoms with Crippen LogP contribution in [0.4, 0.5) is 5.69 Å². The fraction of sp³-hybridized carbons (Fsp3) is 0.0769. The van der Waals surface area contributed by atoms with E-state index >= 15 is 0 Å². The Labute approximate surface area is 109 Å². The number of aromatic hydroxyl groups is 1. The van der Waals surface area contributed by atoms with E-state index in [-0.39, 0.29) is 34.1 Å². The first-order chi connectivity index (χ1) is 9.03. The van der Waals surface area contributed by atoms with E-state index in [9.17, 15) is 9.90 Å². The van der Waals surface area contributed by atoms with E-state index in [1.165, 1.54) is 25.1 Å². The zero-order chi connectivity index (χ0) is 14.4. The lowest BCUT2D eigenvalue weighted by molar-refractivity contribution is 0.101. The van der Waals surface area contributed by atoms with Gasteiger partial charge in [-0.25, -0.2) is 0 Å². The predicted molar refractivity (Wildman–Crippen MR) is 65.6 cm³/mol. The number of nitrogens with zero attached hydrogens (tertiary/aromatic N) is 3. The Morgan fingerprint density at radius 3 is 2.32 bits per heavy atom. The second-order valence-corrected chi connectivity index (χ2v) is 3.50. The Hall–Kier alpha value is -3.30. The van der Waals surface area contributed by atoms with Gasteiger partial charge in [-0.05, 0) is 25.1 Å². The molecule has 0 saturated heterocycles. The van der Waals surface area contributed by atoms with Gasteiger partial charge in [0, 0.05) is 5.56 Å². The molecule has 0 unspecified atom stereocenters. The first kappa shape index (κ1) is 13.8. The van der Waals surface area contributed by atoms with Crippen LogP contribution in [0.1, 0.15) is 17.3 Å². The highest BCUT2D eigenvalue weighted by Crippen LogP contribution is 2.23. The van der Waals surface area contributed by atoms with E-state index in [2.05, 4.69) is 5.32 Å². The Morgan fingerprint density at radius 1 is 1.21 bits per heavy atom. The minimum absolute atomic E-state index is 0.0981. The quantitative estimate of drug-likeness (QED) is 0.481. The SMILES string of the molecule is CC(=O)c1cc(O)ccc1NC(C#N)=C(C#N)C#N. The van der Waals surface area contributed by atoms with Crippen LogP contribution in [0.15, 0.2) is 29.5 Å². The van der Waals surface area contributed by atoms with E-state index in [1.807, 2.05) is 0 Å². The van der Waals surface area contributed by atoms with Crippen molar-refractivity contribution in [2.24, 2.45) is 0 Å². The number of phenolic OH excluding ortho intramolecular Hbond substituents is 1. The number of anilines is 1. The molecule has 0 aromatic heterocycles. The monoisotopic (exact) mass is 252 g/mol. The summed E-state index contributed by atoms with van der Waals surface area (Å²) in [5.74, 6) is -0.426. The van der Waals surface area contributed by atoms with Gasteiger partial charge in [0.15, 0.2) is 11.4 Å². The van der Waals surface area contributed by atoms with E-state index < -0.39 is 0 Å². The van der Waals surface area contributed by atoms with Crippen molar-refractivity contribution in [1.29, 1.82) is 15.8 Å². The number of nitriles is 3. The number of hydrogen-bond acceptors (Lipinski definition) is 6. The predicted octanol–water partition coefficient (Wildman–Crippen LogP) is 1.83. The molecule has 6 heteroatoms. The summed E-state index contributed by atoms with van der Waals surface area (Å²) in [4.78, 5) is 11.4. The second-order valence-electron chi connectivity index (χ2n) is 3.50. The minimum Gasteiger partial charge on any atom is -0.508 e. The van der Waals surface area contributed by atoms with Gasteiger partial charge < -0.3 is 10.4 Å². The molecule has 92 valence electrons. The third-order valence-corrected chi connectivity index (χ3v) is 2.23. The standard InChI is InChI=1S/C13H8N4O2/c1-8(18)11-4-10(19)2-3-12(11)17-13(7-16)9(5-14)6-15/h2-4,17,19H,1H3. The molecular formula is C13H8N4O2. The highest BCUT2D eigenvalue weighted by Gasteiger charge is 2.12. The van der Waals surface area contributed by atoms with Crippen molar-refractivity contribution in [2.75, 3.05) is 5.32 Å². The van der Waals surface area contributed by atoms with Gasteiger partial charge in [-0.15, -0.1) is 0 Å². The maximum atomic E-state index is 11.4. The smallest absolute Gasteiger partial charge is 0.163 e. The van der Waals surface area contributed by atoms with Crippen LogP contribution in [0.2, 0.25) is 0 Å². The first-order valence-electron chi connectivity index (χ1n) is 5.09. The maximum Gasteiger partial charge on any atom is 0.163 e. The number of carbonyl (C=O) groups excluding carboxylic acids is 1. The van der Waals surface area contributed by atoms with Crippen molar-refractivity contribution in [3.63, 3.8) is 0 Å². The first-order valence-corrected chi connectivity index (χ1v) is 5.09. The van der Waals surface area contributed by atoms with E-state index in [1.54, 1.807) is 18.2 Å². The Morgan fingerprint density at radius 2 is 1.84 bits per heavy atom. The van der Waals surface area contributed by atoms with Crippen LogP contribution in [-0.2, 0) is 0 Å². The average Bonchev–Trinajstić information content (AvgIpc) is 2.40. The molecule has 1 aromatic rings. The molecule has 0 heterocycles. The van der Waals surface area contributed by atoms with Crippen LogP contribution in [0, 0.1) is 34.0 Å². The zero-order valence-electron chi connectivity index (χ0n) is 9.93. The van der Waals surface area contributed by atoms with Crippen LogP contribution in [0.25, 0.3) is 0 Å². The molecule has 2 N–H and O–H groups in total. The number of allylic oxidation sites excluding steroid dienone is 2. The molecule has 0 aliphatic carbocycles. The summed E-state index contributed by atoms with van der Waals surface area (Å²) in [6, 6.07) is 8.79. The third kappa shape index (κ3) is 3.09. The van der Waals surface area contributed by atoms with Crippen molar-refractivity contribution in [2.45, 2.75) is 6.92 Å². The number of carbonyl (C=O) groups is 1. The van der Waals surface area contributed by atoms with Crippen molar-refractivity contribution in [1.82, 2.24) is 0 Å². The zero-order valence-corrected chi connectivity index (χ0v) is 9.93. The van der Waals surface area contributed by atoms with E-state index in [0.717, 1.165) is 0 Å². The van der Waals surface area contributed by atoms with Crippen LogP contribution in [0.3, 0.4) is 0 Å². The fourth-order valence-electron chi connectivity index (χ4n) is 1.35. The highest BCUT2D eigenvalue weighted by atomic mass is 16.3. The van der Waals surface area contributed by atoms with E-state index in [0.29, 0.717) is 0 Å². The van der Waals surface area contributed by atoms with Gasteiger partial charge in [0.05, 0.1) is 5.69 Å². The number of hydrogen-bond donors (Lipinski definition) is 2. The molecule has 1 rings (SSSR count). The molecule has 0 bridgehead atoms. The summed E-state index contributed by atoms with van der Waals surface area (Å²) in [7, 11) is 0. The average molecular weight is 252 g/mol.